The molecule has 5 heteroatoms. The van der Waals surface area contributed by atoms with Gasteiger partial charge in [-0.2, -0.15) is 4.39 Å². The highest BCUT2D eigenvalue weighted by molar-refractivity contribution is 5.94. The SMILES string of the molecule is CC1CCN(CCCNC(=O)c2cccnc2F)CC1. The van der Waals surface area contributed by atoms with Crippen molar-refractivity contribution in [2.75, 3.05) is 26.2 Å². The van der Waals surface area contributed by atoms with Crippen molar-refractivity contribution in [3.8, 4) is 0 Å². The highest BCUT2D eigenvalue weighted by Gasteiger charge is 2.15. The zero-order valence-corrected chi connectivity index (χ0v) is 11.9. The molecule has 2 heterocycles. The lowest BCUT2D eigenvalue weighted by Crippen LogP contribution is -2.35. The van der Waals surface area contributed by atoms with Crippen LogP contribution in [0, 0.1) is 11.9 Å². The Labute approximate surface area is 119 Å². The number of amides is 1. The minimum Gasteiger partial charge on any atom is -0.352 e. The van der Waals surface area contributed by atoms with Crippen molar-refractivity contribution in [3.05, 3.63) is 29.8 Å². The number of hydrogen-bond acceptors (Lipinski definition) is 3. The Morgan fingerprint density at radius 1 is 1.50 bits per heavy atom. The first-order valence-electron chi connectivity index (χ1n) is 7.28. The lowest BCUT2D eigenvalue weighted by molar-refractivity contribution is 0.0945. The van der Waals surface area contributed by atoms with Gasteiger partial charge in [-0.3, -0.25) is 4.79 Å². The second kappa shape index (κ2) is 7.33. The van der Waals surface area contributed by atoms with E-state index in [1.54, 1.807) is 6.07 Å². The van der Waals surface area contributed by atoms with E-state index in [0.29, 0.717) is 6.54 Å². The normalized spacial score (nSPS) is 17.1. The third-order valence-electron chi connectivity index (χ3n) is 3.82. The molecular weight excluding hydrogens is 257 g/mol. The maximum Gasteiger partial charge on any atom is 0.255 e. The number of halogens is 1. The topological polar surface area (TPSA) is 45.2 Å². The van der Waals surface area contributed by atoms with Gasteiger partial charge >= 0.3 is 0 Å². The monoisotopic (exact) mass is 279 g/mol. The van der Waals surface area contributed by atoms with Crippen LogP contribution in [-0.4, -0.2) is 42.0 Å². The van der Waals surface area contributed by atoms with Crippen LogP contribution in [0.2, 0.25) is 0 Å². The number of carbonyl (C=O) groups is 1. The van der Waals surface area contributed by atoms with Crippen molar-refractivity contribution in [3.63, 3.8) is 0 Å². The maximum absolute atomic E-state index is 13.3. The summed E-state index contributed by atoms with van der Waals surface area (Å²) < 4.78 is 13.3. The van der Waals surface area contributed by atoms with Crippen LogP contribution in [-0.2, 0) is 0 Å². The van der Waals surface area contributed by atoms with E-state index in [-0.39, 0.29) is 11.5 Å². The van der Waals surface area contributed by atoms with Crippen LogP contribution < -0.4 is 5.32 Å². The first-order chi connectivity index (χ1) is 9.66. The van der Waals surface area contributed by atoms with Crippen molar-refractivity contribution < 1.29 is 9.18 Å². The van der Waals surface area contributed by atoms with Gasteiger partial charge in [-0.15, -0.1) is 0 Å². The summed E-state index contributed by atoms with van der Waals surface area (Å²) in [6, 6.07) is 3.01. The van der Waals surface area contributed by atoms with Crippen LogP contribution in [0.5, 0.6) is 0 Å². The zero-order valence-electron chi connectivity index (χ0n) is 11.9. The molecule has 0 saturated carbocycles. The summed E-state index contributed by atoms with van der Waals surface area (Å²) in [6.07, 6.45) is 4.74. The summed E-state index contributed by atoms with van der Waals surface area (Å²) >= 11 is 0. The van der Waals surface area contributed by atoms with Gasteiger partial charge in [0.2, 0.25) is 5.95 Å². The Kier molecular flexibility index (Phi) is 5.47. The number of nitrogens with one attached hydrogen (secondary N) is 1. The van der Waals surface area contributed by atoms with Gasteiger partial charge in [-0.05, 0) is 56.9 Å². The molecule has 110 valence electrons. The molecule has 1 fully saturated rings. The van der Waals surface area contributed by atoms with E-state index < -0.39 is 5.95 Å². The fourth-order valence-electron chi connectivity index (χ4n) is 2.44. The van der Waals surface area contributed by atoms with Gasteiger partial charge < -0.3 is 10.2 Å². The molecule has 1 amide bonds. The number of pyridine rings is 1. The molecule has 0 aliphatic carbocycles. The Morgan fingerprint density at radius 2 is 2.25 bits per heavy atom. The van der Waals surface area contributed by atoms with Crippen LogP contribution in [0.15, 0.2) is 18.3 Å². The third kappa shape index (κ3) is 4.27. The molecule has 1 saturated heterocycles. The molecule has 1 aromatic heterocycles. The Morgan fingerprint density at radius 3 is 2.95 bits per heavy atom. The number of likely N-dealkylation sites (tertiary alicyclic amines) is 1. The largest absolute Gasteiger partial charge is 0.352 e. The zero-order chi connectivity index (χ0) is 14.4. The van der Waals surface area contributed by atoms with Gasteiger partial charge in [0.25, 0.3) is 5.91 Å². The number of nitrogens with zero attached hydrogens (tertiary/aromatic N) is 2. The van der Waals surface area contributed by atoms with Crippen LogP contribution >= 0.6 is 0 Å². The average Bonchev–Trinajstić information content (AvgIpc) is 2.46. The van der Waals surface area contributed by atoms with Gasteiger partial charge in [0.1, 0.15) is 0 Å². The van der Waals surface area contributed by atoms with E-state index in [9.17, 15) is 9.18 Å². The summed E-state index contributed by atoms with van der Waals surface area (Å²) in [6.45, 7) is 6.14. The van der Waals surface area contributed by atoms with Crippen molar-refractivity contribution in [2.24, 2.45) is 5.92 Å². The lowest BCUT2D eigenvalue weighted by Gasteiger charge is -2.30. The lowest BCUT2D eigenvalue weighted by atomic mass is 9.99. The molecule has 0 bridgehead atoms. The van der Waals surface area contributed by atoms with E-state index >= 15 is 0 Å². The highest BCUT2D eigenvalue weighted by atomic mass is 19.1. The summed E-state index contributed by atoms with van der Waals surface area (Å²) in [4.78, 5) is 17.7. The van der Waals surface area contributed by atoms with Gasteiger partial charge in [0, 0.05) is 12.7 Å². The van der Waals surface area contributed by atoms with Crippen LogP contribution in [0.4, 0.5) is 4.39 Å². The Hall–Kier alpha value is -1.49. The van der Waals surface area contributed by atoms with Crippen LogP contribution in [0.25, 0.3) is 0 Å². The van der Waals surface area contributed by atoms with E-state index in [1.807, 2.05) is 0 Å². The highest BCUT2D eigenvalue weighted by Crippen LogP contribution is 2.15. The van der Waals surface area contributed by atoms with Gasteiger partial charge in [0.15, 0.2) is 0 Å². The molecule has 0 aromatic carbocycles. The quantitative estimate of drug-likeness (QED) is 0.663. The first kappa shape index (κ1) is 14.9. The molecular formula is C15H22FN3O. The van der Waals surface area contributed by atoms with Gasteiger partial charge in [-0.25, -0.2) is 4.98 Å². The molecule has 20 heavy (non-hydrogen) atoms. The van der Waals surface area contributed by atoms with E-state index in [0.717, 1.165) is 32.0 Å². The van der Waals surface area contributed by atoms with Gasteiger partial charge in [-0.1, -0.05) is 6.92 Å². The minimum absolute atomic E-state index is 0.0132. The summed E-state index contributed by atoms with van der Waals surface area (Å²) in [5.41, 5.74) is 0.0132. The molecule has 0 radical (unpaired) electrons. The van der Waals surface area contributed by atoms with Crippen molar-refractivity contribution in [1.82, 2.24) is 15.2 Å². The third-order valence-corrected chi connectivity index (χ3v) is 3.82. The molecule has 0 unspecified atom stereocenters. The first-order valence-corrected chi connectivity index (χ1v) is 7.28. The maximum atomic E-state index is 13.3. The fraction of sp³-hybridized carbons (Fsp3) is 0.600. The molecule has 4 nitrogen and oxygen atoms in total. The predicted octanol–water partition coefficient (Wildman–Crippen LogP) is 2.07. The van der Waals surface area contributed by atoms with Crippen molar-refractivity contribution in [2.45, 2.75) is 26.2 Å². The fourth-order valence-corrected chi connectivity index (χ4v) is 2.44. The number of carbonyl (C=O) groups excluding carboxylic acids is 1. The predicted molar refractivity (Wildman–Crippen MR) is 76.0 cm³/mol. The standard InChI is InChI=1S/C15H22FN3O/c1-12-5-10-19(11-6-12)9-3-8-18-15(20)13-4-2-7-17-14(13)16/h2,4,7,12H,3,5-6,8-11H2,1H3,(H,18,20). The summed E-state index contributed by atoms with van der Waals surface area (Å²) in [5.74, 6) is -0.266. The molecule has 2 rings (SSSR count). The smallest absolute Gasteiger partial charge is 0.255 e. The minimum atomic E-state index is -0.713. The molecule has 1 aliphatic heterocycles. The molecule has 1 aliphatic rings. The number of hydrogen-bond donors (Lipinski definition) is 1. The molecule has 0 atom stereocenters. The average molecular weight is 279 g/mol. The van der Waals surface area contributed by atoms with Crippen LogP contribution in [0.1, 0.15) is 36.5 Å². The summed E-state index contributed by atoms with van der Waals surface area (Å²) in [5, 5.41) is 2.74. The second-order valence-corrected chi connectivity index (χ2v) is 5.48. The molecule has 1 aromatic rings. The Balaban J connectivity index is 1.66. The summed E-state index contributed by atoms with van der Waals surface area (Å²) in [7, 11) is 0. The number of aromatic nitrogens is 1. The number of piperidine rings is 1. The van der Waals surface area contributed by atoms with E-state index in [2.05, 4.69) is 22.1 Å². The van der Waals surface area contributed by atoms with Crippen LogP contribution in [0.3, 0.4) is 0 Å². The second-order valence-electron chi connectivity index (χ2n) is 5.48. The number of rotatable bonds is 5. The Bertz CT molecular complexity index is 444. The van der Waals surface area contributed by atoms with E-state index in [1.165, 1.54) is 25.1 Å². The van der Waals surface area contributed by atoms with E-state index in [4.69, 9.17) is 0 Å². The van der Waals surface area contributed by atoms with Crippen molar-refractivity contribution in [1.29, 1.82) is 0 Å². The molecule has 0 spiro atoms. The van der Waals surface area contributed by atoms with Crippen molar-refractivity contribution >= 4 is 5.91 Å². The molecule has 1 N–H and O–H groups in total. The van der Waals surface area contributed by atoms with Gasteiger partial charge in [0.05, 0.1) is 5.56 Å².